The van der Waals surface area contributed by atoms with E-state index in [2.05, 4.69) is 0 Å². The number of amides is 1. The Bertz CT molecular complexity index is 594. The second-order valence-corrected chi connectivity index (χ2v) is 6.61. The van der Waals surface area contributed by atoms with E-state index in [4.69, 9.17) is 9.47 Å². The maximum atomic E-state index is 13.7. The van der Waals surface area contributed by atoms with Crippen LogP contribution in [0.15, 0.2) is 18.2 Å². The third-order valence-electron chi connectivity index (χ3n) is 4.91. The van der Waals surface area contributed by atoms with E-state index in [1.807, 2.05) is 6.92 Å². The Morgan fingerprint density at radius 2 is 2.29 bits per heavy atom. The van der Waals surface area contributed by atoms with Crippen molar-refractivity contribution in [1.29, 1.82) is 0 Å². The van der Waals surface area contributed by atoms with Crippen molar-refractivity contribution in [2.45, 2.75) is 38.3 Å². The molecule has 5 nitrogen and oxygen atoms in total. The highest BCUT2D eigenvalue weighted by Crippen LogP contribution is 2.30. The van der Waals surface area contributed by atoms with Crippen molar-refractivity contribution in [2.24, 2.45) is 5.92 Å². The Labute approximate surface area is 141 Å². The summed E-state index contributed by atoms with van der Waals surface area (Å²) in [5, 5.41) is 10.2. The van der Waals surface area contributed by atoms with Crippen molar-refractivity contribution in [3.8, 4) is 5.75 Å². The summed E-state index contributed by atoms with van der Waals surface area (Å²) in [7, 11) is 0. The molecule has 2 heterocycles. The number of benzene rings is 1. The summed E-state index contributed by atoms with van der Waals surface area (Å²) in [5.41, 5.74) is 0.875. The lowest BCUT2D eigenvalue weighted by atomic mass is 9.89. The topological polar surface area (TPSA) is 59.0 Å². The molecule has 3 atom stereocenters. The molecule has 0 saturated carbocycles. The van der Waals surface area contributed by atoms with Crippen LogP contribution in [-0.2, 0) is 9.53 Å². The van der Waals surface area contributed by atoms with Gasteiger partial charge in [0.15, 0.2) is 18.2 Å². The number of aryl methyl sites for hydroxylation is 1. The highest BCUT2D eigenvalue weighted by molar-refractivity contribution is 5.78. The van der Waals surface area contributed by atoms with Crippen molar-refractivity contribution in [3.05, 3.63) is 29.6 Å². The minimum Gasteiger partial charge on any atom is -0.481 e. The molecule has 0 unspecified atom stereocenters. The molecule has 0 aliphatic carbocycles. The van der Waals surface area contributed by atoms with Crippen molar-refractivity contribution < 1.29 is 23.8 Å². The molecule has 24 heavy (non-hydrogen) atoms. The fraction of sp³-hybridized carbons (Fsp3) is 0.611. The summed E-state index contributed by atoms with van der Waals surface area (Å²) in [6.07, 6.45) is 1.93. The zero-order valence-corrected chi connectivity index (χ0v) is 13.9. The minimum atomic E-state index is -0.470. The first-order chi connectivity index (χ1) is 11.6. The van der Waals surface area contributed by atoms with Gasteiger partial charge in [-0.3, -0.25) is 4.79 Å². The average molecular weight is 337 g/mol. The Hall–Kier alpha value is -1.66. The number of hydrogen-bond donors (Lipinski definition) is 1. The maximum absolute atomic E-state index is 13.7. The lowest BCUT2D eigenvalue weighted by Crippen LogP contribution is -2.49. The van der Waals surface area contributed by atoms with Crippen LogP contribution in [0.1, 0.15) is 24.8 Å². The second-order valence-electron chi connectivity index (χ2n) is 6.61. The summed E-state index contributed by atoms with van der Waals surface area (Å²) in [6, 6.07) is 4.55. The SMILES string of the molecule is Cc1ccc(F)c(OCC(=O)N2CCC[C@@H]2[C@H]2COCC[C@H]2O)c1. The van der Waals surface area contributed by atoms with E-state index in [0.29, 0.717) is 26.2 Å². The lowest BCUT2D eigenvalue weighted by molar-refractivity contribution is -0.138. The number of aliphatic hydroxyl groups excluding tert-OH is 1. The molecule has 0 aromatic heterocycles. The van der Waals surface area contributed by atoms with Crippen molar-refractivity contribution in [2.75, 3.05) is 26.4 Å². The number of aliphatic hydroxyl groups is 1. The molecule has 0 spiro atoms. The van der Waals surface area contributed by atoms with Gasteiger partial charge >= 0.3 is 0 Å². The first kappa shape index (κ1) is 17.2. The van der Waals surface area contributed by atoms with Gasteiger partial charge in [0.25, 0.3) is 5.91 Å². The second kappa shape index (κ2) is 7.49. The Morgan fingerprint density at radius 3 is 3.08 bits per heavy atom. The van der Waals surface area contributed by atoms with Crippen LogP contribution in [0.25, 0.3) is 0 Å². The van der Waals surface area contributed by atoms with Crippen LogP contribution in [0.5, 0.6) is 5.75 Å². The number of halogens is 1. The van der Waals surface area contributed by atoms with Crippen LogP contribution in [-0.4, -0.2) is 54.4 Å². The molecule has 1 amide bonds. The Balaban J connectivity index is 1.62. The van der Waals surface area contributed by atoms with Gasteiger partial charge in [0.1, 0.15) is 0 Å². The largest absolute Gasteiger partial charge is 0.481 e. The Morgan fingerprint density at radius 1 is 1.46 bits per heavy atom. The quantitative estimate of drug-likeness (QED) is 0.912. The molecule has 1 aromatic carbocycles. The molecule has 0 bridgehead atoms. The third-order valence-corrected chi connectivity index (χ3v) is 4.91. The van der Waals surface area contributed by atoms with Gasteiger partial charge < -0.3 is 19.5 Å². The monoisotopic (exact) mass is 337 g/mol. The molecule has 1 aromatic rings. The van der Waals surface area contributed by atoms with Gasteiger partial charge in [0.2, 0.25) is 0 Å². The number of carbonyl (C=O) groups is 1. The number of likely N-dealkylation sites (tertiary alicyclic amines) is 1. The third kappa shape index (κ3) is 3.70. The number of nitrogens with zero attached hydrogens (tertiary/aromatic N) is 1. The van der Waals surface area contributed by atoms with Gasteiger partial charge in [-0.2, -0.15) is 0 Å². The van der Waals surface area contributed by atoms with Crippen LogP contribution in [0, 0.1) is 18.7 Å². The molecule has 2 fully saturated rings. The molecular formula is C18H24FNO4. The van der Waals surface area contributed by atoms with Crippen LogP contribution >= 0.6 is 0 Å². The van der Waals surface area contributed by atoms with Gasteiger partial charge in [0.05, 0.1) is 12.7 Å². The van der Waals surface area contributed by atoms with Crippen LogP contribution in [0.2, 0.25) is 0 Å². The summed E-state index contributed by atoms with van der Waals surface area (Å²) in [6.45, 7) is 3.33. The smallest absolute Gasteiger partial charge is 0.260 e. The van der Waals surface area contributed by atoms with Gasteiger partial charge in [0, 0.05) is 25.1 Å². The number of carbonyl (C=O) groups excluding carboxylic acids is 1. The molecule has 6 heteroatoms. The molecular weight excluding hydrogens is 313 g/mol. The molecule has 2 saturated heterocycles. The molecule has 132 valence electrons. The predicted octanol–water partition coefficient (Wildman–Crippen LogP) is 1.90. The lowest BCUT2D eigenvalue weighted by Gasteiger charge is -2.36. The van der Waals surface area contributed by atoms with Gasteiger partial charge in [-0.25, -0.2) is 4.39 Å². The zero-order chi connectivity index (χ0) is 17.1. The first-order valence-corrected chi connectivity index (χ1v) is 8.50. The van der Waals surface area contributed by atoms with Crippen molar-refractivity contribution in [3.63, 3.8) is 0 Å². The van der Waals surface area contributed by atoms with E-state index in [-0.39, 0.29) is 30.2 Å². The fourth-order valence-corrected chi connectivity index (χ4v) is 3.61. The van der Waals surface area contributed by atoms with Gasteiger partial charge in [-0.05, 0) is 43.9 Å². The zero-order valence-electron chi connectivity index (χ0n) is 13.9. The van der Waals surface area contributed by atoms with Gasteiger partial charge in [-0.15, -0.1) is 0 Å². The number of hydrogen-bond acceptors (Lipinski definition) is 4. The van der Waals surface area contributed by atoms with E-state index >= 15 is 0 Å². The van der Waals surface area contributed by atoms with Crippen LogP contribution in [0.3, 0.4) is 0 Å². The van der Waals surface area contributed by atoms with Gasteiger partial charge in [-0.1, -0.05) is 6.07 Å². The normalized spacial score (nSPS) is 27.3. The van der Waals surface area contributed by atoms with E-state index in [9.17, 15) is 14.3 Å². The van der Waals surface area contributed by atoms with Crippen molar-refractivity contribution >= 4 is 5.91 Å². The number of rotatable bonds is 4. The Kier molecular flexibility index (Phi) is 5.36. The average Bonchev–Trinajstić information content (AvgIpc) is 3.05. The molecule has 0 radical (unpaired) electrons. The summed E-state index contributed by atoms with van der Waals surface area (Å²) >= 11 is 0. The fourth-order valence-electron chi connectivity index (χ4n) is 3.61. The van der Waals surface area contributed by atoms with Crippen LogP contribution in [0.4, 0.5) is 4.39 Å². The first-order valence-electron chi connectivity index (χ1n) is 8.50. The maximum Gasteiger partial charge on any atom is 0.260 e. The van der Waals surface area contributed by atoms with E-state index < -0.39 is 11.9 Å². The standard InChI is InChI=1S/C18H24FNO4/c1-12-4-5-14(19)17(9-12)24-11-18(22)20-7-2-3-15(20)13-10-23-8-6-16(13)21/h4-5,9,13,15-16,21H,2-3,6-8,10-11H2,1H3/t13-,15-,16-/m1/s1. The molecule has 2 aliphatic rings. The summed E-state index contributed by atoms with van der Waals surface area (Å²) in [4.78, 5) is 14.3. The van der Waals surface area contributed by atoms with Crippen LogP contribution < -0.4 is 4.74 Å². The highest BCUT2D eigenvalue weighted by atomic mass is 19.1. The highest BCUT2D eigenvalue weighted by Gasteiger charge is 2.39. The number of ether oxygens (including phenoxy) is 2. The summed E-state index contributed by atoms with van der Waals surface area (Å²) < 4.78 is 24.6. The molecule has 1 N–H and O–H groups in total. The van der Waals surface area contributed by atoms with Crippen molar-refractivity contribution in [1.82, 2.24) is 4.90 Å². The van der Waals surface area contributed by atoms with E-state index in [1.165, 1.54) is 6.07 Å². The molecule has 3 rings (SSSR count). The molecule has 2 aliphatic heterocycles. The summed E-state index contributed by atoms with van der Waals surface area (Å²) in [5.74, 6) is -0.598. The minimum absolute atomic E-state index is 0.0289. The predicted molar refractivity (Wildman–Crippen MR) is 86.3 cm³/mol. The van der Waals surface area contributed by atoms with E-state index in [0.717, 1.165) is 18.4 Å². The van der Waals surface area contributed by atoms with E-state index in [1.54, 1.807) is 17.0 Å².